The molecule has 22 heavy (non-hydrogen) atoms. The van der Waals surface area contributed by atoms with E-state index in [0.717, 1.165) is 43.7 Å². The zero-order valence-electron chi connectivity index (χ0n) is 12.9. The molecule has 0 unspecified atom stereocenters. The van der Waals surface area contributed by atoms with Crippen LogP contribution in [-0.4, -0.2) is 56.3 Å². The lowest BCUT2D eigenvalue weighted by atomic mass is 10.3. The summed E-state index contributed by atoms with van der Waals surface area (Å²) in [6, 6.07) is 7.46. The molecular weight excluding hydrogens is 348 g/mol. The van der Waals surface area contributed by atoms with Crippen molar-refractivity contribution in [3.63, 3.8) is 0 Å². The Morgan fingerprint density at radius 3 is 2.73 bits per heavy atom. The number of carbonyl (C=O) groups excluding carboxylic acids is 1. The Balaban J connectivity index is 1.62. The molecule has 5 nitrogen and oxygen atoms in total. The summed E-state index contributed by atoms with van der Waals surface area (Å²) in [5.41, 5.74) is 0. The van der Waals surface area contributed by atoms with Gasteiger partial charge in [0.05, 0.1) is 13.2 Å². The second-order valence-electron chi connectivity index (χ2n) is 5.31. The summed E-state index contributed by atoms with van der Waals surface area (Å²) in [5, 5.41) is 2.92. The monoisotopic (exact) mass is 370 g/mol. The van der Waals surface area contributed by atoms with Gasteiger partial charge in [0.2, 0.25) is 0 Å². The molecule has 0 bridgehead atoms. The van der Waals surface area contributed by atoms with Crippen LogP contribution < -0.4 is 10.1 Å². The Bertz CT molecular complexity index is 461. The van der Waals surface area contributed by atoms with E-state index >= 15 is 0 Å². The van der Waals surface area contributed by atoms with Crippen LogP contribution in [0.4, 0.5) is 0 Å². The second kappa shape index (κ2) is 9.12. The maximum atomic E-state index is 12.0. The number of hydrogen-bond acceptors (Lipinski definition) is 4. The largest absolute Gasteiger partial charge is 0.481 e. The standard InChI is InChI=1S/C16H23BrN2O3/c1-13(22-15-5-3-14(17)4-6-15)16(20)18-7-2-8-19-9-11-21-12-10-19/h3-6,13H,2,7-12H2,1H3,(H,18,20)/t13-/m1/s1. The molecule has 2 rings (SSSR count). The number of amides is 1. The van der Waals surface area contributed by atoms with Crippen molar-refractivity contribution in [3.8, 4) is 5.75 Å². The van der Waals surface area contributed by atoms with Crippen LogP contribution in [0.5, 0.6) is 5.75 Å². The lowest BCUT2D eigenvalue weighted by Gasteiger charge is -2.26. The maximum absolute atomic E-state index is 12.0. The zero-order valence-corrected chi connectivity index (χ0v) is 14.5. The Labute approximate surface area is 140 Å². The van der Waals surface area contributed by atoms with E-state index in [1.165, 1.54) is 0 Å². The van der Waals surface area contributed by atoms with Crippen LogP contribution in [0.3, 0.4) is 0 Å². The van der Waals surface area contributed by atoms with Gasteiger partial charge >= 0.3 is 0 Å². The minimum Gasteiger partial charge on any atom is -0.481 e. The average molecular weight is 371 g/mol. The van der Waals surface area contributed by atoms with Gasteiger partial charge in [-0.1, -0.05) is 15.9 Å². The van der Waals surface area contributed by atoms with E-state index in [4.69, 9.17) is 9.47 Å². The van der Waals surface area contributed by atoms with Gasteiger partial charge in [-0.3, -0.25) is 9.69 Å². The van der Waals surface area contributed by atoms with Gasteiger partial charge in [-0.25, -0.2) is 0 Å². The van der Waals surface area contributed by atoms with E-state index in [2.05, 4.69) is 26.1 Å². The molecule has 1 aliphatic heterocycles. The van der Waals surface area contributed by atoms with Crippen molar-refractivity contribution in [3.05, 3.63) is 28.7 Å². The van der Waals surface area contributed by atoms with Gasteiger partial charge < -0.3 is 14.8 Å². The first kappa shape index (κ1) is 17.2. The third-order valence-corrected chi connectivity index (χ3v) is 4.08. The highest BCUT2D eigenvalue weighted by atomic mass is 79.9. The Morgan fingerprint density at radius 1 is 1.36 bits per heavy atom. The quantitative estimate of drug-likeness (QED) is 0.746. The van der Waals surface area contributed by atoms with Crippen LogP contribution in [0.2, 0.25) is 0 Å². The predicted octanol–water partition coefficient (Wildman–Crippen LogP) is 2.05. The molecule has 1 aromatic carbocycles. The van der Waals surface area contributed by atoms with Crippen molar-refractivity contribution in [2.75, 3.05) is 39.4 Å². The van der Waals surface area contributed by atoms with Crippen LogP contribution in [0.25, 0.3) is 0 Å². The van der Waals surface area contributed by atoms with Crippen molar-refractivity contribution >= 4 is 21.8 Å². The minimum atomic E-state index is -0.496. The molecule has 1 heterocycles. The van der Waals surface area contributed by atoms with E-state index in [9.17, 15) is 4.79 Å². The van der Waals surface area contributed by atoms with Crippen molar-refractivity contribution in [1.29, 1.82) is 0 Å². The third kappa shape index (κ3) is 5.94. The molecule has 0 radical (unpaired) electrons. The van der Waals surface area contributed by atoms with Gasteiger partial charge in [-0.15, -0.1) is 0 Å². The molecule has 1 aromatic rings. The highest BCUT2D eigenvalue weighted by Crippen LogP contribution is 2.17. The number of carbonyl (C=O) groups is 1. The third-order valence-electron chi connectivity index (χ3n) is 3.55. The fourth-order valence-electron chi connectivity index (χ4n) is 2.25. The highest BCUT2D eigenvalue weighted by Gasteiger charge is 2.14. The van der Waals surface area contributed by atoms with Gasteiger partial charge in [0.1, 0.15) is 5.75 Å². The molecular formula is C16H23BrN2O3. The fourth-order valence-corrected chi connectivity index (χ4v) is 2.52. The van der Waals surface area contributed by atoms with E-state index < -0.39 is 6.10 Å². The smallest absolute Gasteiger partial charge is 0.260 e. The summed E-state index contributed by atoms with van der Waals surface area (Å²) in [6.07, 6.45) is 0.445. The van der Waals surface area contributed by atoms with E-state index in [-0.39, 0.29) is 5.91 Å². The number of hydrogen-bond donors (Lipinski definition) is 1. The van der Waals surface area contributed by atoms with Crippen LogP contribution in [0.1, 0.15) is 13.3 Å². The summed E-state index contributed by atoms with van der Waals surface area (Å²) in [4.78, 5) is 14.3. The predicted molar refractivity (Wildman–Crippen MR) is 89.1 cm³/mol. The van der Waals surface area contributed by atoms with Gasteiger partial charge in [-0.05, 0) is 44.2 Å². The second-order valence-corrected chi connectivity index (χ2v) is 6.23. The Kier molecular flexibility index (Phi) is 7.15. The summed E-state index contributed by atoms with van der Waals surface area (Å²) >= 11 is 3.37. The summed E-state index contributed by atoms with van der Waals surface area (Å²) < 4.78 is 11.9. The van der Waals surface area contributed by atoms with Crippen molar-refractivity contribution in [2.24, 2.45) is 0 Å². The molecule has 1 N–H and O–H groups in total. The summed E-state index contributed by atoms with van der Waals surface area (Å²) in [5.74, 6) is 0.615. The zero-order chi connectivity index (χ0) is 15.8. The normalized spacial score (nSPS) is 17.0. The first-order valence-corrected chi connectivity index (χ1v) is 8.44. The molecule has 0 aromatic heterocycles. The number of rotatable bonds is 7. The van der Waals surface area contributed by atoms with Crippen molar-refractivity contribution in [1.82, 2.24) is 10.2 Å². The lowest BCUT2D eigenvalue weighted by Crippen LogP contribution is -2.40. The molecule has 0 saturated carbocycles. The number of morpholine rings is 1. The first-order valence-electron chi connectivity index (χ1n) is 7.65. The molecule has 1 fully saturated rings. The first-order chi connectivity index (χ1) is 10.6. The molecule has 1 saturated heterocycles. The van der Waals surface area contributed by atoms with Crippen LogP contribution in [0, 0.1) is 0 Å². The van der Waals surface area contributed by atoms with Crippen LogP contribution in [0.15, 0.2) is 28.7 Å². The topological polar surface area (TPSA) is 50.8 Å². The molecule has 1 aliphatic rings. The number of nitrogens with zero attached hydrogens (tertiary/aromatic N) is 1. The van der Waals surface area contributed by atoms with Crippen molar-refractivity contribution in [2.45, 2.75) is 19.4 Å². The molecule has 6 heteroatoms. The van der Waals surface area contributed by atoms with Crippen LogP contribution in [-0.2, 0) is 9.53 Å². The van der Waals surface area contributed by atoms with Gasteiger partial charge in [-0.2, -0.15) is 0 Å². The molecule has 122 valence electrons. The molecule has 1 atom stereocenters. The van der Waals surface area contributed by atoms with Gasteiger partial charge in [0.25, 0.3) is 5.91 Å². The molecule has 0 aliphatic carbocycles. The Hall–Kier alpha value is -1.11. The fraction of sp³-hybridized carbons (Fsp3) is 0.562. The average Bonchev–Trinajstić information content (AvgIpc) is 2.54. The van der Waals surface area contributed by atoms with Crippen molar-refractivity contribution < 1.29 is 14.3 Å². The van der Waals surface area contributed by atoms with E-state index in [1.54, 1.807) is 6.92 Å². The maximum Gasteiger partial charge on any atom is 0.260 e. The number of halogens is 1. The molecule has 0 spiro atoms. The summed E-state index contributed by atoms with van der Waals surface area (Å²) in [7, 11) is 0. The van der Waals surface area contributed by atoms with E-state index in [1.807, 2.05) is 24.3 Å². The lowest BCUT2D eigenvalue weighted by molar-refractivity contribution is -0.127. The van der Waals surface area contributed by atoms with Gasteiger partial charge in [0.15, 0.2) is 6.10 Å². The SMILES string of the molecule is C[C@@H](Oc1ccc(Br)cc1)C(=O)NCCCN1CCOCC1. The summed E-state index contributed by atoms with van der Waals surface area (Å²) in [6.45, 7) is 7.01. The molecule has 1 amide bonds. The number of nitrogens with one attached hydrogen (secondary N) is 1. The van der Waals surface area contributed by atoms with Crippen LogP contribution >= 0.6 is 15.9 Å². The minimum absolute atomic E-state index is 0.0788. The van der Waals surface area contributed by atoms with Gasteiger partial charge in [0, 0.05) is 24.1 Å². The number of ether oxygens (including phenoxy) is 2. The Morgan fingerprint density at radius 2 is 2.05 bits per heavy atom. The van der Waals surface area contributed by atoms with E-state index in [0.29, 0.717) is 12.3 Å². The highest BCUT2D eigenvalue weighted by molar-refractivity contribution is 9.10. The number of benzene rings is 1.